The summed E-state index contributed by atoms with van der Waals surface area (Å²) in [6.45, 7) is 3.17. The molecule has 1 atom stereocenters. The fourth-order valence-electron chi connectivity index (χ4n) is 3.08. The van der Waals surface area contributed by atoms with E-state index in [2.05, 4.69) is 79.2 Å². The van der Waals surface area contributed by atoms with E-state index in [0.717, 1.165) is 12.2 Å². The summed E-state index contributed by atoms with van der Waals surface area (Å²) in [5.74, 6) is 0.268. The molecule has 0 aliphatic rings. The Labute approximate surface area is 142 Å². The van der Waals surface area contributed by atoms with Crippen LogP contribution in [-0.2, 0) is 6.54 Å². The number of hydrogen-bond acceptors (Lipinski definition) is 3. The normalized spacial score (nSPS) is 12.9. The zero-order valence-corrected chi connectivity index (χ0v) is 15.0. The highest BCUT2D eigenvalue weighted by Gasteiger charge is 2.17. The Balaban J connectivity index is 2.07. The first-order valence-electron chi connectivity index (χ1n) is 7.84. The van der Waals surface area contributed by atoms with E-state index >= 15 is 0 Å². The van der Waals surface area contributed by atoms with Gasteiger partial charge in [-0.1, -0.05) is 25.1 Å². The van der Waals surface area contributed by atoms with Gasteiger partial charge in [-0.2, -0.15) is 0 Å². The number of fused-ring (bicyclic) bond motifs is 1. The molecule has 0 N–H and O–H groups in total. The molecule has 0 fully saturated rings. The first-order chi connectivity index (χ1) is 11.1. The fraction of sp³-hybridized carbons (Fsp3) is 0.316. The first-order valence-corrected chi connectivity index (χ1v) is 9.06. The molecule has 2 aromatic heterocycles. The average Bonchev–Trinajstić information content (AvgIpc) is 2.96. The molecule has 0 saturated carbocycles. The molecule has 1 aromatic carbocycles. The summed E-state index contributed by atoms with van der Waals surface area (Å²) in [5, 5.41) is 0. The Morgan fingerprint density at radius 3 is 2.70 bits per heavy atom. The van der Waals surface area contributed by atoms with Gasteiger partial charge in [0.25, 0.3) is 0 Å². The molecule has 4 heteroatoms. The number of aromatic nitrogens is 2. The van der Waals surface area contributed by atoms with Gasteiger partial charge in [0, 0.05) is 35.4 Å². The molecule has 0 spiro atoms. The lowest BCUT2D eigenvalue weighted by Crippen LogP contribution is -2.12. The van der Waals surface area contributed by atoms with Crippen LogP contribution in [0.1, 0.15) is 29.8 Å². The SMILES string of the molecule is CSc1ccccc1C(C)c1nccn2c(CN(C)C)ccc12. The average molecular weight is 325 g/mol. The molecule has 0 aliphatic heterocycles. The van der Waals surface area contributed by atoms with Gasteiger partial charge in [0.1, 0.15) is 0 Å². The van der Waals surface area contributed by atoms with E-state index in [4.69, 9.17) is 4.98 Å². The predicted molar refractivity (Wildman–Crippen MR) is 98.3 cm³/mol. The van der Waals surface area contributed by atoms with E-state index in [1.54, 1.807) is 11.8 Å². The first kappa shape index (κ1) is 16.1. The second-order valence-corrected chi connectivity index (χ2v) is 6.94. The lowest BCUT2D eigenvalue weighted by molar-refractivity contribution is 0.395. The third-order valence-corrected chi connectivity index (χ3v) is 5.00. The van der Waals surface area contributed by atoms with Crippen molar-refractivity contribution in [1.82, 2.24) is 14.3 Å². The molecule has 0 amide bonds. The number of rotatable bonds is 5. The monoisotopic (exact) mass is 325 g/mol. The Kier molecular flexibility index (Phi) is 4.74. The van der Waals surface area contributed by atoms with Crippen molar-refractivity contribution in [2.75, 3.05) is 20.4 Å². The van der Waals surface area contributed by atoms with Gasteiger partial charge >= 0.3 is 0 Å². The van der Waals surface area contributed by atoms with Crippen molar-refractivity contribution in [3.63, 3.8) is 0 Å². The molecule has 120 valence electrons. The van der Waals surface area contributed by atoms with Crippen LogP contribution < -0.4 is 0 Å². The molecule has 23 heavy (non-hydrogen) atoms. The van der Waals surface area contributed by atoms with Crippen LogP contribution in [0.15, 0.2) is 53.7 Å². The number of thioether (sulfide) groups is 1. The van der Waals surface area contributed by atoms with E-state index in [0.29, 0.717) is 0 Å². The van der Waals surface area contributed by atoms with E-state index < -0.39 is 0 Å². The molecule has 0 bridgehead atoms. The summed E-state index contributed by atoms with van der Waals surface area (Å²) in [7, 11) is 4.19. The molecule has 3 nitrogen and oxygen atoms in total. The molecule has 2 heterocycles. The van der Waals surface area contributed by atoms with Crippen molar-refractivity contribution in [2.24, 2.45) is 0 Å². The Morgan fingerprint density at radius 2 is 1.96 bits per heavy atom. The van der Waals surface area contributed by atoms with Crippen LogP contribution in [0.3, 0.4) is 0 Å². The molecule has 1 unspecified atom stereocenters. The van der Waals surface area contributed by atoms with Gasteiger partial charge in [-0.15, -0.1) is 11.8 Å². The van der Waals surface area contributed by atoms with Crippen molar-refractivity contribution in [3.8, 4) is 0 Å². The highest BCUT2D eigenvalue weighted by Crippen LogP contribution is 2.32. The topological polar surface area (TPSA) is 20.5 Å². The van der Waals surface area contributed by atoms with Crippen LogP contribution in [0.25, 0.3) is 5.52 Å². The minimum atomic E-state index is 0.268. The maximum absolute atomic E-state index is 4.71. The van der Waals surface area contributed by atoms with Crippen LogP contribution in [0, 0.1) is 0 Å². The Hall–Kier alpha value is -1.78. The molecule has 0 aliphatic carbocycles. The standard InChI is InChI=1S/C19H23N3S/c1-14(16-7-5-6-8-18(16)23-4)19-17-10-9-15(13-21(2)3)22(17)12-11-20-19/h5-12,14H,13H2,1-4H3. The third-order valence-electron chi connectivity index (χ3n) is 4.19. The quantitative estimate of drug-likeness (QED) is 0.654. The molecule has 3 rings (SSSR count). The minimum Gasteiger partial charge on any atom is -0.316 e. The highest BCUT2D eigenvalue weighted by molar-refractivity contribution is 7.98. The van der Waals surface area contributed by atoms with Crippen molar-refractivity contribution in [3.05, 3.63) is 65.7 Å². The Morgan fingerprint density at radius 1 is 1.17 bits per heavy atom. The van der Waals surface area contributed by atoms with E-state index in [1.165, 1.54) is 21.7 Å². The van der Waals surface area contributed by atoms with Crippen LogP contribution in [-0.4, -0.2) is 34.6 Å². The van der Waals surface area contributed by atoms with Crippen molar-refractivity contribution in [2.45, 2.75) is 24.3 Å². The van der Waals surface area contributed by atoms with Gasteiger partial charge in [0.15, 0.2) is 0 Å². The molecular formula is C19H23N3S. The van der Waals surface area contributed by atoms with Gasteiger partial charge in [-0.25, -0.2) is 0 Å². The lowest BCUT2D eigenvalue weighted by atomic mass is 9.97. The molecule has 3 aromatic rings. The summed E-state index contributed by atoms with van der Waals surface area (Å²) in [6.07, 6.45) is 6.11. The smallest absolute Gasteiger partial charge is 0.0716 e. The van der Waals surface area contributed by atoms with Gasteiger partial charge in [0.2, 0.25) is 0 Å². The number of nitrogens with zero attached hydrogens (tertiary/aromatic N) is 3. The highest BCUT2D eigenvalue weighted by atomic mass is 32.2. The van der Waals surface area contributed by atoms with Crippen LogP contribution >= 0.6 is 11.8 Å². The van der Waals surface area contributed by atoms with E-state index in [1.807, 2.05) is 6.20 Å². The second kappa shape index (κ2) is 6.77. The maximum Gasteiger partial charge on any atom is 0.0716 e. The molecule has 0 radical (unpaired) electrons. The van der Waals surface area contributed by atoms with Gasteiger partial charge in [0.05, 0.1) is 11.2 Å². The van der Waals surface area contributed by atoms with Gasteiger partial charge in [-0.05, 0) is 44.1 Å². The summed E-state index contributed by atoms with van der Waals surface area (Å²) in [5.41, 5.74) is 4.97. The third kappa shape index (κ3) is 3.14. The summed E-state index contributed by atoms with van der Waals surface area (Å²) >= 11 is 1.80. The zero-order valence-electron chi connectivity index (χ0n) is 14.2. The van der Waals surface area contributed by atoms with Crippen molar-refractivity contribution in [1.29, 1.82) is 0 Å². The lowest BCUT2D eigenvalue weighted by Gasteiger charge is -2.17. The van der Waals surface area contributed by atoms with Gasteiger partial charge in [-0.3, -0.25) is 4.98 Å². The van der Waals surface area contributed by atoms with Crippen LogP contribution in [0.5, 0.6) is 0 Å². The molecular weight excluding hydrogens is 302 g/mol. The summed E-state index contributed by atoms with van der Waals surface area (Å²) in [6, 6.07) is 13.0. The van der Waals surface area contributed by atoms with E-state index in [-0.39, 0.29) is 5.92 Å². The van der Waals surface area contributed by atoms with Crippen molar-refractivity contribution >= 4 is 17.3 Å². The zero-order chi connectivity index (χ0) is 16.4. The van der Waals surface area contributed by atoms with E-state index in [9.17, 15) is 0 Å². The maximum atomic E-state index is 4.71. The van der Waals surface area contributed by atoms with Crippen LogP contribution in [0.4, 0.5) is 0 Å². The van der Waals surface area contributed by atoms with Crippen molar-refractivity contribution < 1.29 is 0 Å². The predicted octanol–water partition coefficient (Wildman–Crippen LogP) is 4.27. The molecule has 0 saturated heterocycles. The van der Waals surface area contributed by atoms with Gasteiger partial charge < -0.3 is 9.30 Å². The number of hydrogen-bond donors (Lipinski definition) is 0. The summed E-state index contributed by atoms with van der Waals surface area (Å²) < 4.78 is 2.26. The van der Waals surface area contributed by atoms with Crippen LogP contribution in [0.2, 0.25) is 0 Å². The summed E-state index contributed by atoms with van der Waals surface area (Å²) in [4.78, 5) is 8.22. The fourth-order valence-corrected chi connectivity index (χ4v) is 3.77. The number of benzene rings is 1. The minimum absolute atomic E-state index is 0.268. The largest absolute Gasteiger partial charge is 0.316 e. The second-order valence-electron chi connectivity index (χ2n) is 6.09. The Bertz CT molecular complexity index is 807.